The van der Waals surface area contributed by atoms with Crippen LogP contribution in [0.4, 0.5) is 0 Å². The third kappa shape index (κ3) is 1.54. The zero-order chi connectivity index (χ0) is 11.3. The monoisotopic (exact) mass is 221 g/mol. The second kappa shape index (κ2) is 3.73. The molecule has 2 heterocycles. The van der Waals surface area contributed by atoms with Crippen molar-refractivity contribution in [1.29, 1.82) is 0 Å². The van der Waals surface area contributed by atoms with E-state index in [-0.39, 0.29) is 0 Å². The van der Waals surface area contributed by atoms with Crippen molar-refractivity contribution in [2.75, 3.05) is 20.1 Å². The van der Waals surface area contributed by atoms with Crippen molar-refractivity contribution in [2.24, 2.45) is 29.1 Å². The smallest absolute Gasteiger partial charge is 0.00352 e. The van der Waals surface area contributed by atoms with Crippen molar-refractivity contribution < 1.29 is 0 Å². The molecule has 0 spiro atoms. The minimum atomic E-state index is 0.641. The highest BCUT2D eigenvalue weighted by Crippen LogP contribution is 2.58. The molecule has 4 rings (SSSR count). The highest BCUT2D eigenvalue weighted by atomic mass is 15.1. The lowest BCUT2D eigenvalue weighted by Gasteiger charge is -2.60. The molecule has 2 aliphatic carbocycles. The molecule has 16 heavy (non-hydrogen) atoms. The average molecular weight is 221 g/mol. The Morgan fingerprint density at radius 3 is 2.62 bits per heavy atom. The summed E-state index contributed by atoms with van der Waals surface area (Å²) in [6, 6.07) is 0. The van der Waals surface area contributed by atoms with Crippen LogP contribution in [0.15, 0.2) is 0 Å². The van der Waals surface area contributed by atoms with Gasteiger partial charge in [0.25, 0.3) is 0 Å². The van der Waals surface area contributed by atoms with Crippen LogP contribution in [0.1, 0.15) is 46.0 Å². The zero-order valence-corrected chi connectivity index (χ0v) is 11.2. The maximum Gasteiger partial charge on any atom is 0.00352 e. The van der Waals surface area contributed by atoms with Crippen LogP contribution >= 0.6 is 0 Å². The summed E-state index contributed by atoms with van der Waals surface area (Å²) in [5.74, 6) is 4.14. The van der Waals surface area contributed by atoms with E-state index in [0.29, 0.717) is 5.41 Å². The SMILES string of the molecule is CC1C2CC1(C)CN(C)CC1CCCCC12. The van der Waals surface area contributed by atoms with Crippen LogP contribution in [0.5, 0.6) is 0 Å². The Morgan fingerprint density at radius 1 is 1.12 bits per heavy atom. The second-order valence-corrected chi connectivity index (χ2v) is 7.22. The van der Waals surface area contributed by atoms with Gasteiger partial charge < -0.3 is 4.90 Å². The summed E-state index contributed by atoms with van der Waals surface area (Å²) >= 11 is 0. The van der Waals surface area contributed by atoms with Crippen molar-refractivity contribution in [3.05, 3.63) is 0 Å². The molecule has 1 nitrogen and oxygen atoms in total. The van der Waals surface area contributed by atoms with Crippen LogP contribution in [0.3, 0.4) is 0 Å². The Labute approximate surface area is 101 Å². The highest BCUT2D eigenvalue weighted by Gasteiger charge is 2.53. The van der Waals surface area contributed by atoms with Crippen molar-refractivity contribution >= 4 is 0 Å². The van der Waals surface area contributed by atoms with Gasteiger partial charge in [-0.15, -0.1) is 0 Å². The number of rotatable bonds is 0. The van der Waals surface area contributed by atoms with Gasteiger partial charge in [0.2, 0.25) is 0 Å². The van der Waals surface area contributed by atoms with Crippen molar-refractivity contribution in [2.45, 2.75) is 46.0 Å². The first-order valence-corrected chi connectivity index (χ1v) is 7.29. The molecule has 2 saturated heterocycles. The van der Waals surface area contributed by atoms with Crippen molar-refractivity contribution in [1.82, 2.24) is 4.90 Å². The maximum absolute atomic E-state index is 2.63. The van der Waals surface area contributed by atoms with Crippen molar-refractivity contribution in [3.8, 4) is 0 Å². The van der Waals surface area contributed by atoms with Gasteiger partial charge in [0, 0.05) is 13.1 Å². The first-order chi connectivity index (χ1) is 7.60. The first-order valence-electron chi connectivity index (χ1n) is 7.29. The van der Waals surface area contributed by atoms with Gasteiger partial charge in [-0.3, -0.25) is 0 Å². The van der Waals surface area contributed by atoms with E-state index in [9.17, 15) is 0 Å². The first kappa shape index (κ1) is 11.1. The predicted molar refractivity (Wildman–Crippen MR) is 68.3 cm³/mol. The van der Waals surface area contributed by atoms with Crippen LogP contribution < -0.4 is 0 Å². The van der Waals surface area contributed by atoms with E-state index in [2.05, 4.69) is 25.8 Å². The number of hydrogen-bond acceptors (Lipinski definition) is 1. The Morgan fingerprint density at radius 2 is 1.88 bits per heavy atom. The van der Waals surface area contributed by atoms with E-state index in [1.165, 1.54) is 45.2 Å². The normalized spacial score (nSPS) is 53.4. The van der Waals surface area contributed by atoms with Gasteiger partial charge in [-0.2, -0.15) is 0 Å². The molecule has 92 valence electrons. The van der Waals surface area contributed by atoms with E-state index in [1.807, 2.05) is 0 Å². The van der Waals surface area contributed by atoms with E-state index < -0.39 is 0 Å². The summed E-state index contributed by atoms with van der Waals surface area (Å²) in [7, 11) is 2.35. The molecule has 0 amide bonds. The Kier molecular flexibility index (Phi) is 2.58. The lowest BCUT2D eigenvalue weighted by molar-refractivity contribution is -0.113. The lowest BCUT2D eigenvalue weighted by atomic mass is 9.48. The van der Waals surface area contributed by atoms with Crippen LogP contribution in [0, 0.1) is 29.1 Å². The molecular weight excluding hydrogens is 194 g/mol. The minimum absolute atomic E-state index is 0.641. The third-order valence-corrected chi connectivity index (χ3v) is 6.14. The molecule has 4 fully saturated rings. The molecule has 5 unspecified atom stereocenters. The predicted octanol–water partition coefficient (Wildman–Crippen LogP) is 3.40. The molecule has 0 N–H and O–H groups in total. The average Bonchev–Trinajstić information content (AvgIpc) is 2.25. The van der Waals surface area contributed by atoms with Crippen LogP contribution in [0.2, 0.25) is 0 Å². The van der Waals surface area contributed by atoms with Crippen LogP contribution in [0.25, 0.3) is 0 Å². The fourth-order valence-corrected chi connectivity index (χ4v) is 5.10. The Balaban J connectivity index is 1.83. The van der Waals surface area contributed by atoms with Gasteiger partial charge in [0.05, 0.1) is 0 Å². The summed E-state index contributed by atoms with van der Waals surface area (Å²) in [6.45, 7) is 7.77. The van der Waals surface area contributed by atoms with Crippen molar-refractivity contribution in [3.63, 3.8) is 0 Å². The zero-order valence-electron chi connectivity index (χ0n) is 11.2. The van der Waals surface area contributed by atoms with Gasteiger partial charge in [-0.25, -0.2) is 0 Å². The third-order valence-electron chi connectivity index (χ3n) is 6.14. The molecule has 0 radical (unpaired) electrons. The topological polar surface area (TPSA) is 3.24 Å². The van der Waals surface area contributed by atoms with Gasteiger partial charge in [0.1, 0.15) is 0 Å². The molecule has 2 aliphatic heterocycles. The molecular formula is C15H27N. The summed E-state index contributed by atoms with van der Waals surface area (Å²) in [6.07, 6.45) is 7.55. The van der Waals surface area contributed by atoms with Crippen LogP contribution in [-0.2, 0) is 0 Å². The standard InChI is InChI=1S/C15H27N/c1-11-14-8-15(11,2)10-16(3)9-12-6-4-5-7-13(12)14/h11-14H,4-10H2,1-3H3. The number of fused-ring (bicyclic) bond motifs is 2. The fourth-order valence-electron chi connectivity index (χ4n) is 5.10. The summed E-state index contributed by atoms with van der Waals surface area (Å²) < 4.78 is 0. The highest BCUT2D eigenvalue weighted by molar-refractivity contribution is 5.03. The fraction of sp³-hybridized carbons (Fsp3) is 1.00. The molecule has 1 heteroatoms. The number of nitrogens with zero attached hydrogens (tertiary/aromatic N) is 1. The number of hydrogen-bond donors (Lipinski definition) is 0. The minimum Gasteiger partial charge on any atom is -0.306 e. The van der Waals surface area contributed by atoms with E-state index in [1.54, 1.807) is 0 Å². The molecule has 0 aromatic heterocycles. The summed E-state index contributed by atoms with van der Waals surface area (Å²) in [4.78, 5) is 2.63. The van der Waals surface area contributed by atoms with E-state index in [0.717, 1.165) is 23.7 Å². The maximum atomic E-state index is 2.63. The second-order valence-electron chi connectivity index (χ2n) is 7.22. The van der Waals surface area contributed by atoms with Gasteiger partial charge in [0.15, 0.2) is 0 Å². The van der Waals surface area contributed by atoms with E-state index >= 15 is 0 Å². The molecule has 5 atom stereocenters. The molecule has 2 saturated carbocycles. The molecule has 0 aromatic carbocycles. The molecule has 2 bridgehead atoms. The summed E-state index contributed by atoms with van der Waals surface area (Å²) in [5, 5.41) is 0. The molecule has 4 aliphatic rings. The Bertz CT molecular complexity index is 271. The molecule has 0 aromatic rings. The van der Waals surface area contributed by atoms with Gasteiger partial charge in [-0.1, -0.05) is 26.7 Å². The van der Waals surface area contributed by atoms with Gasteiger partial charge in [-0.05, 0) is 55.4 Å². The largest absolute Gasteiger partial charge is 0.306 e. The van der Waals surface area contributed by atoms with Crippen LogP contribution in [-0.4, -0.2) is 25.0 Å². The summed E-state index contributed by atoms with van der Waals surface area (Å²) in [5.41, 5.74) is 0.641. The Hall–Kier alpha value is -0.0400. The van der Waals surface area contributed by atoms with Gasteiger partial charge >= 0.3 is 0 Å². The van der Waals surface area contributed by atoms with E-state index in [4.69, 9.17) is 0 Å². The lowest BCUT2D eigenvalue weighted by Crippen LogP contribution is -2.58. The quantitative estimate of drug-likeness (QED) is 0.606.